The average Bonchev–Trinajstić information content (AvgIpc) is 2.02. The molecule has 0 heterocycles. The number of hydrogen-bond donors (Lipinski definition) is 1. The highest BCUT2D eigenvalue weighted by Gasteiger charge is 2.15. The largest absolute Gasteiger partial charge is 0.496 e. The lowest BCUT2D eigenvalue weighted by molar-refractivity contribution is 0.412. The molecular weight excluding hydrogens is 248 g/mol. The van der Waals surface area contributed by atoms with Crippen molar-refractivity contribution in [3.63, 3.8) is 0 Å². The van der Waals surface area contributed by atoms with Gasteiger partial charge < -0.3 is 4.74 Å². The molecule has 1 rings (SSSR count). The predicted octanol–water partition coefficient (Wildman–Crippen LogP) is 3.62. The van der Waals surface area contributed by atoms with Crippen LogP contribution in [0.1, 0.15) is 19.4 Å². The summed E-state index contributed by atoms with van der Waals surface area (Å²) in [5.41, 5.74) is 1.17. The van der Waals surface area contributed by atoms with Gasteiger partial charge in [-0.25, -0.2) is 0 Å². The summed E-state index contributed by atoms with van der Waals surface area (Å²) in [5, 5.41) is 0. The lowest BCUT2D eigenvalue weighted by atomic mass is 10.0. The van der Waals surface area contributed by atoms with Crippen LogP contribution in [0.15, 0.2) is 22.7 Å². The summed E-state index contributed by atoms with van der Waals surface area (Å²) in [6.07, 6.45) is 0. The molecule has 3 heteroatoms. The molecule has 0 N–H and O–H groups in total. The van der Waals surface area contributed by atoms with E-state index in [1.165, 1.54) is 5.56 Å². The molecule has 0 aromatic heterocycles. The zero-order valence-corrected chi connectivity index (χ0v) is 10.4. The van der Waals surface area contributed by atoms with Crippen molar-refractivity contribution in [1.82, 2.24) is 0 Å². The number of ether oxygens (including phenoxy) is 1. The topological polar surface area (TPSA) is 9.23 Å². The summed E-state index contributed by atoms with van der Waals surface area (Å²) in [5.74, 6) is 0.848. The van der Waals surface area contributed by atoms with Gasteiger partial charge in [-0.3, -0.25) is 0 Å². The Bertz CT molecular complexity index is 304. The number of hydrogen-bond acceptors (Lipinski definition) is 2. The first kappa shape index (κ1) is 10.9. The van der Waals surface area contributed by atoms with E-state index in [1.54, 1.807) is 7.11 Å². The van der Waals surface area contributed by atoms with Crippen LogP contribution in [0.25, 0.3) is 0 Å². The van der Waals surface area contributed by atoms with Crippen LogP contribution in [0.2, 0.25) is 0 Å². The zero-order valence-electron chi connectivity index (χ0n) is 7.97. The fourth-order valence-electron chi connectivity index (χ4n) is 1.05. The quantitative estimate of drug-likeness (QED) is 0.800. The van der Waals surface area contributed by atoms with E-state index in [0.717, 1.165) is 10.2 Å². The van der Waals surface area contributed by atoms with Crippen molar-refractivity contribution < 1.29 is 4.74 Å². The van der Waals surface area contributed by atoms with Crippen LogP contribution in [0.3, 0.4) is 0 Å². The normalized spacial score (nSPS) is 11.5. The van der Waals surface area contributed by atoms with Gasteiger partial charge in [0.25, 0.3) is 0 Å². The minimum absolute atomic E-state index is 0.116. The number of halogens is 1. The van der Waals surface area contributed by atoms with Crippen LogP contribution in [0.4, 0.5) is 0 Å². The molecule has 0 saturated heterocycles. The van der Waals surface area contributed by atoms with Crippen molar-refractivity contribution in [1.29, 1.82) is 0 Å². The summed E-state index contributed by atoms with van der Waals surface area (Å²) >= 11 is 7.93. The third-order valence-electron chi connectivity index (χ3n) is 1.86. The Morgan fingerprint density at radius 2 is 2.00 bits per heavy atom. The number of benzene rings is 1. The van der Waals surface area contributed by atoms with Crippen molar-refractivity contribution >= 4 is 28.6 Å². The number of methoxy groups -OCH3 is 1. The Kier molecular flexibility index (Phi) is 3.30. The van der Waals surface area contributed by atoms with Crippen molar-refractivity contribution in [3.8, 4) is 5.75 Å². The maximum Gasteiger partial charge on any atom is 0.133 e. The van der Waals surface area contributed by atoms with E-state index in [0.29, 0.717) is 0 Å². The molecule has 0 fully saturated rings. The summed E-state index contributed by atoms with van der Waals surface area (Å²) in [6.45, 7) is 4.12. The van der Waals surface area contributed by atoms with Gasteiger partial charge in [-0.15, -0.1) is 0 Å². The molecule has 1 aromatic carbocycles. The van der Waals surface area contributed by atoms with Crippen LogP contribution in [-0.2, 0) is 4.75 Å². The first-order chi connectivity index (χ1) is 5.95. The second-order valence-electron chi connectivity index (χ2n) is 3.41. The molecule has 0 aliphatic heterocycles. The Labute approximate surface area is 93.0 Å². The molecular formula is C10H13BrOS. The molecule has 0 spiro atoms. The SMILES string of the molecule is COc1ccc(C(C)(C)S)cc1Br. The monoisotopic (exact) mass is 260 g/mol. The van der Waals surface area contributed by atoms with Crippen molar-refractivity contribution in [2.75, 3.05) is 7.11 Å². The molecule has 0 atom stereocenters. The van der Waals surface area contributed by atoms with E-state index < -0.39 is 0 Å². The predicted molar refractivity (Wildman–Crippen MR) is 62.7 cm³/mol. The van der Waals surface area contributed by atoms with Gasteiger partial charge in [0, 0.05) is 4.75 Å². The van der Waals surface area contributed by atoms with E-state index in [2.05, 4.69) is 42.4 Å². The molecule has 0 bridgehead atoms. The Morgan fingerprint density at radius 3 is 2.38 bits per heavy atom. The maximum absolute atomic E-state index is 5.14. The lowest BCUT2D eigenvalue weighted by Gasteiger charge is -2.18. The first-order valence-electron chi connectivity index (χ1n) is 4.01. The summed E-state index contributed by atoms with van der Waals surface area (Å²) in [6, 6.07) is 6.00. The van der Waals surface area contributed by atoms with E-state index in [9.17, 15) is 0 Å². The molecule has 0 unspecified atom stereocenters. The van der Waals surface area contributed by atoms with Crippen molar-refractivity contribution in [2.24, 2.45) is 0 Å². The number of rotatable bonds is 2. The van der Waals surface area contributed by atoms with Gasteiger partial charge in [0.05, 0.1) is 11.6 Å². The third-order valence-corrected chi connectivity index (χ3v) is 2.74. The second kappa shape index (κ2) is 3.93. The fraction of sp³-hybridized carbons (Fsp3) is 0.400. The Balaban J connectivity index is 3.10. The Morgan fingerprint density at radius 1 is 1.38 bits per heavy atom. The minimum Gasteiger partial charge on any atom is -0.496 e. The van der Waals surface area contributed by atoms with E-state index in [4.69, 9.17) is 4.74 Å². The van der Waals surface area contributed by atoms with E-state index in [-0.39, 0.29) is 4.75 Å². The summed E-state index contributed by atoms with van der Waals surface area (Å²) in [7, 11) is 1.66. The van der Waals surface area contributed by atoms with Crippen molar-refractivity contribution in [2.45, 2.75) is 18.6 Å². The van der Waals surface area contributed by atoms with Crippen LogP contribution in [-0.4, -0.2) is 7.11 Å². The smallest absolute Gasteiger partial charge is 0.133 e. The molecule has 0 aliphatic carbocycles. The summed E-state index contributed by atoms with van der Waals surface area (Å²) < 4.78 is 5.99. The molecule has 0 amide bonds. The second-order valence-corrected chi connectivity index (χ2v) is 5.38. The first-order valence-corrected chi connectivity index (χ1v) is 5.25. The lowest BCUT2D eigenvalue weighted by Crippen LogP contribution is -2.07. The highest BCUT2D eigenvalue weighted by molar-refractivity contribution is 9.10. The van der Waals surface area contributed by atoms with Gasteiger partial charge in [-0.1, -0.05) is 6.07 Å². The van der Waals surface area contributed by atoms with Crippen LogP contribution < -0.4 is 4.74 Å². The molecule has 1 aromatic rings. The average molecular weight is 261 g/mol. The standard InChI is InChI=1S/C10H13BrOS/c1-10(2,13)7-4-5-9(12-3)8(11)6-7/h4-6,13H,1-3H3. The minimum atomic E-state index is -0.116. The zero-order chi connectivity index (χ0) is 10.1. The Hall–Kier alpha value is -0.150. The van der Waals surface area contributed by atoms with Crippen LogP contribution in [0.5, 0.6) is 5.75 Å². The third kappa shape index (κ3) is 2.64. The molecule has 0 radical (unpaired) electrons. The molecule has 0 aliphatic rings. The molecule has 72 valence electrons. The van der Waals surface area contributed by atoms with E-state index in [1.807, 2.05) is 18.2 Å². The van der Waals surface area contributed by atoms with Gasteiger partial charge in [-0.05, 0) is 47.5 Å². The van der Waals surface area contributed by atoms with Gasteiger partial charge in [0.15, 0.2) is 0 Å². The van der Waals surface area contributed by atoms with Crippen LogP contribution in [0, 0.1) is 0 Å². The van der Waals surface area contributed by atoms with Gasteiger partial charge >= 0.3 is 0 Å². The van der Waals surface area contributed by atoms with Gasteiger partial charge in [0.2, 0.25) is 0 Å². The van der Waals surface area contributed by atoms with Gasteiger partial charge in [0.1, 0.15) is 5.75 Å². The van der Waals surface area contributed by atoms with Gasteiger partial charge in [-0.2, -0.15) is 12.6 Å². The number of thiol groups is 1. The fourth-order valence-corrected chi connectivity index (χ4v) is 1.73. The highest BCUT2D eigenvalue weighted by Crippen LogP contribution is 2.33. The van der Waals surface area contributed by atoms with Crippen LogP contribution >= 0.6 is 28.6 Å². The molecule has 1 nitrogen and oxygen atoms in total. The van der Waals surface area contributed by atoms with E-state index >= 15 is 0 Å². The summed E-state index contributed by atoms with van der Waals surface area (Å²) in [4.78, 5) is 0. The molecule has 0 saturated carbocycles. The molecule has 13 heavy (non-hydrogen) atoms. The highest BCUT2D eigenvalue weighted by atomic mass is 79.9. The maximum atomic E-state index is 5.14. The van der Waals surface area contributed by atoms with Crippen molar-refractivity contribution in [3.05, 3.63) is 28.2 Å².